The third kappa shape index (κ3) is 3.21. The fourth-order valence-electron chi connectivity index (χ4n) is 1.62. The molecule has 0 radical (unpaired) electrons. The first-order valence-corrected chi connectivity index (χ1v) is 6.63. The molecule has 112 valence electrons. The summed E-state index contributed by atoms with van der Waals surface area (Å²) < 4.78 is 51.6. The highest BCUT2D eigenvalue weighted by Gasteiger charge is 2.35. The number of halogens is 4. The van der Waals surface area contributed by atoms with E-state index in [0.29, 0.717) is 11.8 Å². The van der Waals surface area contributed by atoms with Gasteiger partial charge in [0.25, 0.3) is 5.91 Å². The molecule has 1 amide bonds. The van der Waals surface area contributed by atoms with Crippen LogP contribution in [-0.2, 0) is 6.18 Å². The van der Waals surface area contributed by atoms with Crippen molar-refractivity contribution in [3.63, 3.8) is 0 Å². The van der Waals surface area contributed by atoms with Crippen LogP contribution in [0.5, 0.6) is 0 Å². The van der Waals surface area contributed by atoms with E-state index in [9.17, 15) is 22.4 Å². The van der Waals surface area contributed by atoms with Crippen LogP contribution in [0.15, 0.2) is 18.2 Å². The highest BCUT2D eigenvalue weighted by atomic mass is 32.1. The molecule has 3 nitrogen and oxygen atoms in total. The summed E-state index contributed by atoms with van der Waals surface area (Å²) in [4.78, 5) is 16.8. The molecule has 0 saturated heterocycles. The summed E-state index contributed by atoms with van der Waals surface area (Å²) in [6.07, 6.45) is -4.85. The molecule has 0 spiro atoms. The Morgan fingerprint density at radius 1 is 1.29 bits per heavy atom. The van der Waals surface area contributed by atoms with E-state index < -0.39 is 29.0 Å². The predicted molar refractivity (Wildman–Crippen MR) is 70.9 cm³/mol. The molecule has 0 aliphatic carbocycles. The second kappa shape index (κ2) is 5.44. The van der Waals surface area contributed by atoms with Gasteiger partial charge in [0.1, 0.15) is 5.82 Å². The Morgan fingerprint density at radius 3 is 2.48 bits per heavy atom. The van der Waals surface area contributed by atoms with Crippen molar-refractivity contribution in [1.29, 1.82) is 0 Å². The lowest BCUT2D eigenvalue weighted by atomic mass is 10.1. The summed E-state index contributed by atoms with van der Waals surface area (Å²) in [6.45, 7) is 3.51. The van der Waals surface area contributed by atoms with Crippen LogP contribution in [0.25, 0.3) is 0 Å². The number of alkyl halides is 3. The number of hydrogen-bond acceptors (Lipinski definition) is 3. The third-order valence-electron chi connectivity index (χ3n) is 2.80. The van der Waals surface area contributed by atoms with Gasteiger partial charge < -0.3 is 0 Å². The zero-order valence-electron chi connectivity index (χ0n) is 11.0. The van der Waals surface area contributed by atoms with Crippen molar-refractivity contribution in [3.8, 4) is 0 Å². The molecule has 0 bridgehead atoms. The summed E-state index contributed by atoms with van der Waals surface area (Å²) in [5.74, 6) is -2.56. The largest absolute Gasteiger partial charge is 0.419 e. The molecule has 0 unspecified atom stereocenters. The van der Waals surface area contributed by atoms with Gasteiger partial charge in [0.15, 0.2) is 5.13 Å². The number of carbonyl (C=O) groups excluding carboxylic acids is 1. The number of aromatic nitrogens is 1. The number of anilines is 1. The van der Waals surface area contributed by atoms with E-state index in [1.807, 2.05) is 0 Å². The van der Waals surface area contributed by atoms with Crippen LogP contribution in [0.1, 0.15) is 26.5 Å². The maximum atomic E-state index is 13.8. The highest BCUT2D eigenvalue weighted by molar-refractivity contribution is 7.15. The molecule has 0 saturated carbocycles. The van der Waals surface area contributed by atoms with E-state index in [2.05, 4.69) is 10.3 Å². The number of carbonyl (C=O) groups is 1. The average Bonchev–Trinajstić information content (AvgIpc) is 2.66. The molecule has 1 N–H and O–H groups in total. The second-order valence-corrected chi connectivity index (χ2v) is 5.48. The van der Waals surface area contributed by atoms with Crippen LogP contribution < -0.4 is 5.32 Å². The standard InChI is InChI=1S/C13H10F4N2OS/c1-6-7(2)21-12(18-6)19-11(20)8-4-3-5-9(10(8)14)13(15,16)17/h3-5H,1-2H3,(H,18,19,20). The van der Waals surface area contributed by atoms with Crippen molar-refractivity contribution in [1.82, 2.24) is 4.98 Å². The van der Waals surface area contributed by atoms with E-state index in [0.717, 1.165) is 17.0 Å². The molecule has 8 heteroatoms. The van der Waals surface area contributed by atoms with Gasteiger partial charge in [-0.15, -0.1) is 11.3 Å². The quantitative estimate of drug-likeness (QED) is 0.844. The van der Waals surface area contributed by atoms with Crippen molar-refractivity contribution in [2.24, 2.45) is 0 Å². The van der Waals surface area contributed by atoms with Crippen molar-refractivity contribution < 1.29 is 22.4 Å². The summed E-state index contributed by atoms with van der Waals surface area (Å²) >= 11 is 1.17. The van der Waals surface area contributed by atoms with Gasteiger partial charge in [0.2, 0.25) is 0 Å². The Bertz CT molecular complexity index is 674. The molecule has 2 rings (SSSR count). The zero-order chi connectivity index (χ0) is 15.8. The molecule has 2 aromatic rings. The van der Waals surface area contributed by atoms with Crippen LogP contribution in [0.4, 0.5) is 22.7 Å². The smallest absolute Gasteiger partial charge is 0.298 e. The fourth-order valence-corrected chi connectivity index (χ4v) is 2.43. The molecule has 0 atom stereocenters. The Balaban J connectivity index is 2.32. The van der Waals surface area contributed by atoms with E-state index in [1.54, 1.807) is 13.8 Å². The monoisotopic (exact) mass is 318 g/mol. The van der Waals surface area contributed by atoms with E-state index in [-0.39, 0.29) is 5.13 Å². The molecule has 21 heavy (non-hydrogen) atoms. The number of nitrogens with zero attached hydrogens (tertiary/aromatic N) is 1. The lowest BCUT2D eigenvalue weighted by Gasteiger charge is -2.10. The first-order valence-electron chi connectivity index (χ1n) is 5.81. The number of benzene rings is 1. The van der Waals surface area contributed by atoms with Crippen molar-refractivity contribution >= 4 is 22.4 Å². The lowest BCUT2D eigenvalue weighted by molar-refractivity contribution is -0.140. The van der Waals surface area contributed by atoms with Crippen molar-refractivity contribution in [2.75, 3.05) is 5.32 Å². The van der Waals surface area contributed by atoms with Crippen LogP contribution in [0.3, 0.4) is 0 Å². The Hall–Kier alpha value is -1.96. The van der Waals surface area contributed by atoms with Gasteiger partial charge in [-0.25, -0.2) is 9.37 Å². The normalized spacial score (nSPS) is 11.5. The summed E-state index contributed by atoms with van der Waals surface area (Å²) in [5.41, 5.74) is -1.45. The van der Waals surface area contributed by atoms with E-state index in [1.165, 1.54) is 11.3 Å². The molecular formula is C13H10F4N2OS. The third-order valence-corrected chi connectivity index (χ3v) is 3.79. The molecule has 0 fully saturated rings. The average molecular weight is 318 g/mol. The predicted octanol–water partition coefficient (Wildman–Crippen LogP) is 4.17. The highest BCUT2D eigenvalue weighted by Crippen LogP contribution is 2.32. The van der Waals surface area contributed by atoms with Crippen molar-refractivity contribution in [3.05, 3.63) is 45.7 Å². The van der Waals surface area contributed by atoms with Gasteiger partial charge >= 0.3 is 6.18 Å². The molecule has 1 aromatic carbocycles. The van der Waals surface area contributed by atoms with Crippen LogP contribution in [0, 0.1) is 19.7 Å². The minimum absolute atomic E-state index is 0.215. The molecular weight excluding hydrogens is 308 g/mol. The molecule has 0 aliphatic rings. The van der Waals surface area contributed by atoms with Crippen LogP contribution >= 0.6 is 11.3 Å². The van der Waals surface area contributed by atoms with Gasteiger partial charge in [0, 0.05) is 4.88 Å². The van der Waals surface area contributed by atoms with Gasteiger partial charge in [-0.3, -0.25) is 10.1 Å². The number of rotatable bonds is 2. The molecule has 1 aromatic heterocycles. The van der Waals surface area contributed by atoms with Crippen LogP contribution in [-0.4, -0.2) is 10.9 Å². The lowest BCUT2D eigenvalue weighted by Crippen LogP contribution is -2.17. The summed E-state index contributed by atoms with van der Waals surface area (Å²) in [5, 5.41) is 2.52. The number of hydrogen-bond donors (Lipinski definition) is 1. The number of thiazole rings is 1. The van der Waals surface area contributed by atoms with Gasteiger partial charge in [-0.05, 0) is 26.0 Å². The second-order valence-electron chi connectivity index (χ2n) is 4.28. The minimum Gasteiger partial charge on any atom is -0.298 e. The SMILES string of the molecule is Cc1nc(NC(=O)c2cccc(C(F)(F)F)c2F)sc1C. The maximum Gasteiger partial charge on any atom is 0.419 e. The minimum atomic E-state index is -4.85. The number of amides is 1. The first kappa shape index (κ1) is 15.4. The summed E-state index contributed by atoms with van der Waals surface area (Å²) in [6, 6.07) is 2.57. The van der Waals surface area contributed by atoms with Crippen LogP contribution in [0.2, 0.25) is 0 Å². The van der Waals surface area contributed by atoms with Gasteiger partial charge in [-0.1, -0.05) is 6.07 Å². The Labute approximate surface area is 121 Å². The van der Waals surface area contributed by atoms with E-state index >= 15 is 0 Å². The zero-order valence-corrected chi connectivity index (χ0v) is 11.8. The van der Waals surface area contributed by atoms with Gasteiger partial charge in [-0.2, -0.15) is 13.2 Å². The summed E-state index contributed by atoms with van der Waals surface area (Å²) in [7, 11) is 0. The topological polar surface area (TPSA) is 42.0 Å². The molecule has 0 aliphatic heterocycles. The maximum absolute atomic E-state index is 13.8. The molecule has 1 heterocycles. The fraction of sp³-hybridized carbons (Fsp3) is 0.231. The van der Waals surface area contributed by atoms with Crippen molar-refractivity contribution in [2.45, 2.75) is 20.0 Å². The Kier molecular flexibility index (Phi) is 3.99. The first-order chi connectivity index (χ1) is 9.70. The Morgan fingerprint density at radius 2 is 1.95 bits per heavy atom. The number of aryl methyl sites for hydroxylation is 2. The van der Waals surface area contributed by atoms with E-state index in [4.69, 9.17) is 0 Å². The van der Waals surface area contributed by atoms with Gasteiger partial charge in [0.05, 0.1) is 16.8 Å². The number of nitrogens with one attached hydrogen (secondary N) is 1.